The normalized spacial score (nSPS) is 10.6. The van der Waals surface area contributed by atoms with E-state index >= 15 is 0 Å². The molecule has 0 saturated heterocycles. The van der Waals surface area contributed by atoms with Crippen molar-refractivity contribution in [2.75, 3.05) is 11.9 Å². The van der Waals surface area contributed by atoms with E-state index in [1.54, 1.807) is 12.1 Å². The Morgan fingerprint density at radius 1 is 1.28 bits per heavy atom. The number of nitrogens with one attached hydrogen (secondary N) is 2. The Morgan fingerprint density at radius 2 is 2.08 bits per heavy atom. The quantitative estimate of drug-likeness (QED) is 0.325. The Kier molecular flexibility index (Phi) is 7.21. The first kappa shape index (κ1) is 19.2. The van der Waals surface area contributed by atoms with E-state index in [9.17, 15) is 9.90 Å². The fourth-order valence-electron chi connectivity index (χ4n) is 2.06. The summed E-state index contributed by atoms with van der Waals surface area (Å²) < 4.78 is 1.79. The van der Waals surface area contributed by atoms with Crippen molar-refractivity contribution in [3.63, 3.8) is 0 Å². The van der Waals surface area contributed by atoms with Gasteiger partial charge in [-0.3, -0.25) is 4.79 Å². The van der Waals surface area contributed by atoms with Crippen LogP contribution in [0.4, 0.5) is 5.69 Å². The molecule has 0 bridgehead atoms. The fraction of sp³-hybridized carbons (Fsp3) is 0.111. The summed E-state index contributed by atoms with van der Waals surface area (Å²) >= 11 is 6.79. The Labute approximate surface area is 163 Å². The second-order valence-electron chi connectivity index (χ2n) is 5.12. The standard InChI is InChI=1S/C18H17Br2N3O2/c1-2-4-12-5-3-6-13(18(12)25)10-22-23-17(24)11-21-16-8-7-14(19)9-15(16)20/h2-3,5-10,21,25H,1,4,11H2,(H,23,24). The third-order valence-electron chi connectivity index (χ3n) is 3.28. The summed E-state index contributed by atoms with van der Waals surface area (Å²) in [5.41, 5.74) is 4.51. The Morgan fingerprint density at radius 3 is 2.80 bits per heavy atom. The van der Waals surface area contributed by atoms with Crippen molar-refractivity contribution in [2.45, 2.75) is 6.42 Å². The minimum Gasteiger partial charge on any atom is -0.507 e. The molecule has 0 heterocycles. The molecule has 130 valence electrons. The first-order valence-corrected chi connectivity index (χ1v) is 9.02. The van der Waals surface area contributed by atoms with Crippen LogP contribution in [-0.4, -0.2) is 23.8 Å². The first-order valence-electron chi connectivity index (χ1n) is 7.44. The number of para-hydroxylation sites is 1. The van der Waals surface area contributed by atoms with Crippen LogP contribution in [0.15, 0.2) is 63.1 Å². The number of carbonyl (C=O) groups excluding carboxylic acids is 1. The highest BCUT2D eigenvalue weighted by Gasteiger charge is 2.05. The van der Waals surface area contributed by atoms with Gasteiger partial charge in [-0.2, -0.15) is 5.10 Å². The number of allylic oxidation sites excluding steroid dienone is 1. The van der Waals surface area contributed by atoms with Crippen LogP contribution in [0, 0.1) is 0 Å². The van der Waals surface area contributed by atoms with Crippen LogP contribution in [0.1, 0.15) is 11.1 Å². The lowest BCUT2D eigenvalue weighted by molar-refractivity contribution is -0.119. The SMILES string of the molecule is C=CCc1cccc(C=NNC(=O)CNc2ccc(Br)cc2Br)c1O. The van der Waals surface area contributed by atoms with Crippen molar-refractivity contribution in [1.29, 1.82) is 0 Å². The number of phenolic OH excluding ortho intramolecular Hbond substituents is 1. The second kappa shape index (κ2) is 9.39. The van der Waals surface area contributed by atoms with Crippen molar-refractivity contribution in [1.82, 2.24) is 5.43 Å². The van der Waals surface area contributed by atoms with E-state index in [-0.39, 0.29) is 18.2 Å². The van der Waals surface area contributed by atoms with Gasteiger partial charge in [0.2, 0.25) is 0 Å². The molecule has 5 nitrogen and oxygen atoms in total. The number of nitrogens with zero attached hydrogens (tertiary/aromatic N) is 1. The van der Waals surface area contributed by atoms with Gasteiger partial charge in [-0.25, -0.2) is 5.43 Å². The summed E-state index contributed by atoms with van der Waals surface area (Å²) in [6.07, 6.45) is 3.69. The predicted molar refractivity (Wildman–Crippen MR) is 108 cm³/mol. The Balaban J connectivity index is 1.90. The van der Waals surface area contributed by atoms with Crippen molar-refractivity contribution < 1.29 is 9.90 Å². The molecule has 0 aromatic heterocycles. The zero-order valence-electron chi connectivity index (χ0n) is 13.3. The highest BCUT2D eigenvalue weighted by atomic mass is 79.9. The number of anilines is 1. The Hall–Kier alpha value is -2.12. The zero-order valence-corrected chi connectivity index (χ0v) is 16.5. The minimum atomic E-state index is -0.298. The molecule has 2 aromatic rings. The van der Waals surface area contributed by atoms with E-state index < -0.39 is 0 Å². The molecule has 0 unspecified atom stereocenters. The van der Waals surface area contributed by atoms with E-state index in [1.807, 2.05) is 30.3 Å². The number of hydrazone groups is 1. The summed E-state index contributed by atoms with van der Waals surface area (Å²) in [6.45, 7) is 3.72. The summed E-state index contributed by atoms with van der Waals surface area (Å²) in [7, 11) is 0. The molecule has 0 aliphatic carbocycles. The molecule has 25 heavy (non-hydrogen) atoms. The minimum absolute atomic E-state index is 0.0695. The van der Waals surface area contributed by atoms with Gasteiger partial charge < -0.3 is 10.4 Å². The van der Waals surface area contributed by atoms with Gasteiger partial charge in [0.1, 0.15) is 5.75 Å². The number of halogens is 2. The summed E-state index contributed by atoms with van der Waals surface area (Å²) in [4.78, 5) is 11.9. The van der Waals surface area contributed by atoms with E-state index in [0.29, 0.717) is 12.0 Å². The number of amides is 1. The smallest absolute Gasteiger partial charge is 0.259 e. The number of aromatic hydroxyl groups is 1. The van der Waals surface area contributed by atoms with Crippen molar-refractivity contribution in [2.24, 2.45) is 5.10 Å². The molecule has 0 radical (unpaired) electrons. The number of phenols is 1. The largest absolute Gasteiger partial charge is 0.507 e. The molecule has 7 heteroatoms. The molecule has 2 rings (SSSR count). The van der Waals surface area contributed by atoms with Crippen LogP contribution >= 0.6 is 31.9 Å². The molecule has 1 amide bonds. The number of hydrogen-bond acceptors (Lipinski definition) is 4. The number of hydrogen-bond donors (Lipinski definition) is 3. The van der Waals surface area contributed by atoms with Gasteiger partial charge in [0.05, 0.1) is 12.8 Å². The maximum Gasteiger partial charge on any atom is 0.259 e. The van der Waals surface area contributed by atoms with E-state index in [4.69, 9.17) is 0 Å². The van der Waals surface area contributed by atoms with Gasteiger partial charge in [-0.15, -0.1) is 6.58 Å². The summed E-state index contributed by atoms with van der Waals surface area (Å²) in [5.74, 6) is -0.162. The van der Waals surface area contributed by atoms with Crippen LogP contribution in [0.3, 0.4) is 0 Å². The summed E-state index contributed by atoms with van der Waals surface area (Å²) in [6, 6.07) is 11.0. The predicted octanol–water partition coefficient (Wildman–Crippen LogP) is 4.21. The maximum absolute atomic E-state index is 11.9. The van der Waals surface area contributed by atoms with Crippen molar-refractivity contribution in [3.05, 3.63) is 69.1 Å². The van der Waals surface area contributed by atoms with E-state index in [0.717, 1.165) is 20.2 Å². The lowest BCUT2D eigenvalue weighted by Gasteiger charge is -2.08. The van der Waals surface area contributed by atoms with Gasteiger partial charge in [0.15, 0.2) is 0 Å². The number of benzene rings is 2. The average molecular weight is 467 g/mol. The summed E-state index contributed by atoms with van der Waals surface area (Å²) in [5, 5.41) is 17.0. The monoisotopic (exact) mass is 465 g/mol. The number of carbonyl (C=O) groups is 1. The third-order valence-corrected chi connectivity index (χ3v) is 4.43. The van der Waals surface area contributed by atoms with Gasteiger partial charge in [-0.1, -0.05) is 34.1 Å². The lowest BCUT2D eigenvalue weighted by atomic mass is 10.1. The fourth-order valence-corrected chi connectivity index (χ4v) is 3.24. The average Bonchev–Trinajstić information content (AvgIpc) is 2.57. The molecule has 3 N–H and O–H groups in total. The van der Waals surface area contributed by atoms with Gasteiger partial charge in [0.25, 0.3) is 5.91 Å². The van der Waals surface area contributed by atoms with Gasteiger partial charge in [0, 0.05) is 20.2 Å². The van der Waals surface area contributed by atoms with E-state index in [2.05, 4.69) is 54.3 Å². The maximum atomic E-state index is 11.9. The lowest BCUT2D eigenvalue weighted by Crippen LogP contribution is -2.26. The molecule has 0 fully saturated rings. The van der Waals surface area contributed by atoms with Crippen LogP contribution in [0.25, 0.3) is 0 Å². The third kappa shape index (κ3) is 5.72. The molecule has 0 saturated carbocycles. The van der Waals surface area contributed by atoms with Gasteiger partial charge in [-0.05, 0) is 52.2 Å². The van der Waals surface area contributed by atoms with Crippen LogP contribution in [-0.2, 0) is 11.2 Å². The second-order valence-corrected chi connectivity index (χ2v) is 6.89. The molecule has 0 aliphatic heterocycles. The van der Waals surface area contributed by atoms with Crippen molar-refractivity contribution >= 4 is 49.7 Å². The molecule has 0 spiro atoms. The first-order chi connectivity index (χ1) is 12.0. The Bertz CT molecular complexity index is 807. The molecule has 0 atom stereocenters. The topological polar surface area (TPSA) is 73.7 Å². The number of rotatable bonds is 7. The molecular formula is C18H17Br2N3O2. The molecule has 2 aromatic carbocycles. The van der Waals surface area contributed by atoms with Crippen molar-refractivity contribution in [3.8, 4) is 5.75 Å². The van der Waals surface area contributed by atoms with Crippen LogP contribution in [0.5, 0.6) is 5.75 Å². The van der Waals surface area contributed by atoms with E-state index in [1.165, 1.54) is 6.21 Å². The molecular weight excluding hydrogens is 450 g/mol. The van der Waals surface area contributed by atoms with Gasteiger partial charge >= 0.3 is 0 Å². The highest BCUT2D eigenvalue weighted by molar-refractivity contribution is 9.11. The van der Waals surface area contributed by atoms with Crippen LogP contribution in [0.2, 0.25) is 0 Å². The highest BCUT2D eigenvalue weighted by Crippen LogP contribution is 2.25. The zero-order chi connectivity index (χ0) is 18.2. The van der Waals surface area contributed by atoms with Crippen LogP contribution < -0.4 is 10.7 Å². The molecule has 0 aliphatic rings.